The smallest absolute Gasteiger partial charge is 0.216 e. The molecule has 1 aromatic rings. The fourth-order valence-corrected chi connectivity index (χ4v) is 1.44. The second kappa shape index (κ2) is 4.14. The maximum absolute atomic E-state index is 8.67. The van der Waals surface area contributed by atoms with Crippen LogP contribution >= 0.6 is 0 Å². The van der Waals surface area contributed by atoms with Crippen LogP contribution in [0, 0.1) is 17.2 Å². The fourth-order valence-electron chi connectivity index (χ4n) is 1.44. The average molecular weight is 200 g/mol. The molecular formula is C12H12N2O. The molecule has 1 saturated carbocycles. The van der Waals surface area contributed by atoms with Crippen LogP contribution in [-0.4, -0.2) is 19.0 Å². The quantitative estimate of drug-likeness (QED) is 0.541. The van der Waals surface area contributed by atoms with Crippen LogP contribution < -0.4 is 0 Å². The van der Waals surface area contributed by atoms with Crippen LogP contribution in [-0.2, 0) is 4.74 Å². The monoisotopic (exact) mass is 200 g/mol. The molecule has 1 aromatic carbocycles. The number of benzene rings is 1. The zero-order chi connectivity index (χ0) is 10.7. The van der Waals surface area contributed by atoms with Gasteiger partial charge in [0.25, 0.3) is 0 Å². The molecule has 2 atom stereocenters. The maximum Gasteiger partial charge on any atom is 0.216 e. The van der Waals surface area contributed by atoms with Crippen LogP contribution in [0.15, 0.2) is 35.3 Å². The maximum atomic E-state index is 8.67. The largest absolute Gasteiger partial charge is 0.481 e. The van der Waals surface area contributed by atoms with Crippen LogP contribution in [0.1, 0.15) is 12.0 Å². The van der Waals surface area contributed by atoms with E-state index in [9.17, 15) is 0 Å². The van der Waals surface area contributed by atoms with Crippen molar-refractivity contribution in [2.24, 2.45) is 10.9 Å². The van der Waals surface area contributed by atoms with Crippen molar-refractivity contribution in [2.75, 3.05) is 7.11 Å². The van der Waals surface area contributed by atoms with Gasteiger partial charge in [-0.1, -0.05) is 18.2 Å². The number of hydrogen-bond donors (Lipinski definition) is 0. The van der Waals surface area contributed by atoms with E-state index in [0.717, 1.165) is 12.0 Å². The molecule has 0 heterocycles. The molecule has 0 spiro atoms. The minimum absolute atomic E-state index is 0.0823. The molecule has 0 aromatic heterocycles. The van der Waals surface area contributed by atoms with Crippen LogP contribution in [0.4, 0.5) is 0 Å². The van der Waals surface area contributed by atoms with Crippen molar-refractivity contribution in [3.63, 3.8) is 0 Å². The Morgan fingerprint density at radius 2 is 2.20 bits per heavy atom. The zero-order valence-electron chi connectivity index (χ0n) is 8.55. The fraction of sp³-hybridized carbons (Fsp3) is 0.333. The number of methoxy groups -OCH3 is 1. The molecule has 76 valence electrons. The van der Waals surface area contributed by atoms with Crippen LogP contribution in [0.3, 0.4) is 0 Å². The average Bonchev–Trinajstić information content (AvgIpc) is 3.05. The van der Waals surface area contributed by atoms with Gasteiger partial charge in [-0.2, -0.15) is 5.26 Å². The summed E-state index contributed by atoms with van der Waals surface area (Å²) in [5.41, 5.74) is 0.962. The lowest BCUT2D eigenvalue weighted by Crippen LogP contribution is -2.05. The predicted octanol–water partition coefficient (Wildman–Crippen LogP) is 1.99. The lowest BCUT2D eigenvalue weighted by atomic mass is 10.2. The second-order valence-electron chi connectivity index (χ2n) is 3.54. The number of aliphatic imine (C=N–C) groups is 1. The third-order valence-electron chi connectivity index (χ3n) is 2.42. The summed E-state index contributed by atoms with van der Waals surface area (Å²) in [5.74, 6) is 0.706. The Hall–Kier alpha value is -1.82. The van der Waals surface area contributed by atoms with Gasteiger partial charge in [-0.3, -0.25) is 0 Å². The van der Waals surface area contributed by atoms with Gasteiger partial charge in [0, 0.05) is 5.56 Å². The summed E-state index contributed by atoms with van der Waals surface area (Å²) in [5, 5.41) is 8.67. The number of ether oxygens (including phenoxy) is 1. The topological polar surface area (TPSA) is 45.4 Å². The minimum atomic E-state index is 0.0823. The van der Waals surface area contributed by atoms with E-state index in [2.05, 4.69) is 11.1 Å². The van der Waals surface area contributed by atoms with E-state index in [4.69, 9.17) is 10.00 Å². The first kappa shape index (κ1) is 9.72. The highest BCUT2D eigenvalue weighted by molar-refractivity contribution is 5.94. The van der Waals surface area contributed by atoms with Crippen molar-refractivity contribution < 1.29 is 4.74 Å². The van der Waals surface area contributed by atoms with E-state index in [1.807, 2.05) is 30.3 Å². The Bertz CT molecular complexity index is 405. The molecule has 1 fully saturated rings. The first-order valence-electron chi connectivity index (χ1n) is 4.92. The molecule has 1 aliphatic carbocycles. The van der Waals surface area contributed by atoms with E-state index in [-0.39, 0.29) is 12.0 Å². The van der Waals surface area contributed by atoms with Gasteiger partial charge in [0.2, 0.25) is 5.90 Å². The molecule has 0 amide bonds. The zero-order valence-corrected chi connectivity index (χ0v) is 8.55. The van der Waals surface area contributed by atoms with Gasteiger partial charge < -0.3 is 4.74 Å². The Morgan fingerprint density at radius 1 is 1.47 bits per heavy atom. The summed E-state index contributed by atoms with van der Waals surface area (Å²) in [7, 11) is 1.61. The van der Waals surface area contributed by atoms with Crippen molar-refractivity contribution in [1.29, 1.82) is 5.26 Å². The van der Waals surface area contributed by atoms with Gasteiger partial charge in [0.1, 0.15) is 0 Å². The molecule has 3 nitrogen and oxygen atoms in total. The first-order valence-corrected chi connectivity index (χ1v) is 4.92. The summed E-state index contributed by atoms with van der Waals surface area (Å²) in [6.45, 7) is 0. The van der Waals surface area contributed by atoms with Crippen molar-refractivity contribution in [1.82, 2.24) is 0 Å². The molecule has 0 N–H and O–H groups in total. The molecule has 0 aliphatic heterocycles. The number of nitrogens with zero attached hydrogens (tertiary/aromatic N) is 2. The molecule has 0 bridgehead atoms. The highest BCUT2D eigenvalue weighted by Gasteiger charge is 2.37. The molecule has 2 rings (SSSR count). The molecule has 3 heteroatoms. The molecule has 0 saturated heterocycles. The standard InChI is InChI=1S/C12H12N2O/c1-15-12(9-5-3-2-4-6-9)14-11-7-10(11)8-13/h2-6,10-11H,7H2,1H3. The van der Waals surface area contributed by atoms with Gasteiger partial charge in [0.05, 0.1) is 25.1 Å². The van der Waals surface area contributed by atoms with Crippen LogP contribution in [0.2, 0.25) is 0 Å². The number of hydrogen-bond acceptors (Lipinski definition) is 3. The Morgan fingerprint density at radius 3 is 2.73 bits per heavy atom. The lowest BCUT2D eigenvalue weighted by Gasteiger charge is -2.03. The van der Waals surface area contributed by atoms with E-state index in [1.54, 1.807) is 7.11 Å². The SMILES string of the molecule is COC(=NC1CC1C#N)c1ccccc1. The highest BCUT2D eigenvalue weighted by Crippen LogP contribution is 2.33. The molecular weight excluding hydrogens is 188 g/mol. The molecule has 0 radical (unpaired) electrons. The van der Waals surface area contributed by atoms with Crippen molar-refractivity contribution in [3.05, 3.63) is 35.9 Å². The van der Waals surface area contributed by atoms with Crippen molar-refractivity contribution in [3.8, 4) is 6.07 Å². The lowest BCUT2D eigenvalue weighted by molar-refractivity contribution is 0.402. The number of nitriles is 1. The Labute approximate surface area is 89.0 Å². The normalized spacial score (nSPS) is 24.4. The Kier molecular flexibility index (Phi) is 2.68. The molecule has 1 aliphatic rings. The second-order valence-corrected chi connectivity index (χ2v) is 3.54. The van der Waals surface area contributed by atoms with Gasteiger partial charge >= 0.3 is 0 Å². The van der Waals surface area contributed by atoms with Gasteiger partial charge in [0.15, 0.2) is 0 Å². The minimum Gasteiger partial charge on any atom is -0.481 e. The Balaban J connectivity index is 2.16. The summed E-state index contributed by atoms with van der Waals surface area (Å²) >= 11 is 0. The summed E-state index contributed by atoms with van der Waals surface area (Å²) in [6, 6.07) is 12.1. The van der Waals surface area contributed by atoms with Gasteiger partial charge in [-0.15, -0.1) is 0 Å². The van der Waals surface area contributed by atoms with Crippen molar-refractivity contribution in [2.45, 2.75) is 12.5 Å². The van der Waals surface area contributed by atoms with Crippen LogP contribution in [0.5, 0.6) is 0 Å². The van der Waals surface area contributed by atoms with E-state index >= 15 is 0 Å². The third kappa shape index (κ3) is 2.16. The van der Waals surface area contributed by atoms with Crippen molar-refractivity contribution >= 4 is 5.90 Å². The first-order chi connectivity index (χ1) is 7.35. The third-order valence-corrected chi connectivity index (χ3v) is 2.42. The summed E-state index contributed by atoms with van der Waals surface area (Å²) in [6.07, 6.45) is 0.857. The molecule has 2 unspecified atom stereocenters. The van der Waals surface area contributed by atoms with E-state index in [1.165, 1.54) is 0 Å². The summed E-state index contributed by atoms with van der Waals surface area (Å²) < 4.78 is 5.22. The van der Waals surface area contributed by atoms with Gasteiger partial charge in [-0.05, 0) is 18.6 Å². The highest BCUT2D eigenvalue weighted by atomic mass is 16.5. The van der Waals surface area contributed by atoms with E-state index < -0.39 is 0 Å². The van der Waals surface area contributed by atoms with Gasteiger partial charge in [-0.25, -0.2) is 4.99 Å². The van der Waals surface area contributed by atoms with Crippen LogP contribution in [0.25, 0.3) is 0 Å². The predicted molar refractivity (Wildman–Crippen MR) is 57.5 cm³/mol. The molecule has 15 heavy (non-hydrogen) atoms. The van der Waals surface area contributed by atoms with E-state index in [0.29, 0.717) is 5.90 Å². The number of rotatable bonds is 2. The summed E-state index contributed by atoms with van der Waals surface area (Å²) in [4.78, 5) is 4.40.